The lowest BCUT2D eigenvalue weighted by Crippen LogP contribution is -2.02. The van der Waals surface area contributed by atoms with Gasteiger partial charge in [0.1, 0.15) is 12.0 Å². The Balaban J connectivity index is 2.40. The molecule has 1 saturated carbocycles. The fourth-order valence-electron chi connectivity index (χ4n) is 2.96. The number of benzene rings is 1. The lowest BCUT2D eigenvalue weighted by molar-refractivity contribution is -0.108. The zero-order valence-corrected chi connectivity index (χ0v) is 13.2. The second-order valence-electron chi connectivity index (χ2n) is 5.41. The molecule has 1 aliphatic carbocycles. The van der Waals surface area contributed by atoms with Gasteiger partial charge in [-0.15, -0.1) is 0 Å². The van der Waals surface area contributed by atoms with Gasteiger partial charge >= 0.3 is 0 Å². The lowest BCUT2D eigenvalue weighted by atomic mass is 9.90. The highest BCUT2D eigenvalue weighted by Crippen LogP contribution is 2.43. The molecular weight excluding hydrogens is 304 g/mol. The number of hydrogen-bond donors (Lipinski definition) is 0. The molecule has 1 aromatic carbocycles. The first-order chi connectivity index (χ1) is 9.17. The Bertz CT molecular complexity index is 450. The Labute approximate surface area is 123 Å². The summed E-state index contributed by atoms with van der Waals surface area (Å²) in [4.78, 5) is 10.7. The van der Waals surface area contributed by atoms with E-state index in [0.29, 0.717) is 12.3 Å². The summed E-state index contributed by atoms with van der Waals surface area (Å²) < 4.78 is 6.57. The lowest BCUT2D eigenvalue weighted by Gasteiger charge is -2.19. The van der Waals surface area contributed by atoms with Crippen LogP contribution in [0.15, 0.2) is 16.6 Å². The summed E-state index contributed by atoms with van der Waals surface area (Å²) in [6.07, 6.45) is 6.67. The van der Waals surface area contributed by atoms with E-state index in [4.69, 9.17) is 4.74 Å². The zero-order chi connectivity index (χ0) is 13.8. The highest BCUT2D eigenvalue weighted by atomic mass is 79.9. The summed E-state index contributed by atoms with van der Waals surface area (Å²) >= 11 is 3.61. The van der Waals surface area contributed by atoms with Gasteiger partial charge in [-0.25, -0.2) is 0 Å². The second kappa shape index (κ2) is 6.56. The monoisotopic (exact) mass is 324 g/mol. The van der Waals surface area contributed by atoms with Crippen LogP contribution in [0.3, 0.4) is 0 Å². The normalized spacial score (nSPS) is 17.4. The van der Waals surface area contributed by atoms with Crippen molar-refractivity contribution in [2.75, 3.05) is 7.11 Å². The first-order valence-electron chi connectivity index (χ1n) is 6.98. The molecule has 0 saturated heterocycles. The Kier molecular flexibility index (Phi) is 5.03. The van der Waals surface area contributed by atoms with Crippen LogP contribution in [0.25, 0.3) is 0 Å². The van der Waals surface area contributed by atoms with Crippen LogP contribution < -0.4 is 4.74 Å². The van der Waals surface area contributed by atoms with Crippen LogP contribution in [0.1, 0.15) is 62.0 Å². The average molecular weight is 325 g/mol. The molecule has 0 bridgehead atoms. The molecule has 2 nitrogen and oxygen atoms in total. The van der Waals surface area contributed by atoms with Crippen molar-refractivity contribution in [2.45, 2.75) is 50.9 Å². The molecule has 0 amide bonds. The fraction of sp³-hybridized carbons (Fsp3) is 0.562. The smallest absolute Gasteiger partial charge is 0.136 e. The van der Waals surface area contributed by atoms with E-state index in [1.54, 1.807) is 7.11 Å². The molecule has 0 spiro atoms. The molecule has 1 fully saturated rings. The molecule has 2 rings (SSSR count). The first-order valence-corrected chi connectivity index (χ1v) is 7.77. The van der Waals surface area contributed by atoms with E-state index in [-0.39, 0.29) is 5.92 Å². The molecule has 0 aromatic heterocycles. The van der Waals surface area contributed by atoms with Gasteiger partial charge in [-0.2, -0.15) is 0 Å². The zero-order valence-electron chi connectivity index (χ0n) is 11.6. The third-order valence-corrected chi connectivity index (χ3v) is 4.70. The van der Waals surface area contributed by atoms with E-state index in [9.17, 15) is 4.79 Å². The summed E-state index contributed by atoms with van der Waals surface area (Å²) in [7, 11) is 1.73. The van der Waals surface area contributed by atoms with E-state index in [2.05, 4.69) is 35.0 Å². The van der Waals surface area contributed by atoms with Gasteiger partial charge in [0, 0.05) is 6.42 Å². The molecule has 1 unspecified atom stereocenters. The Morgan fingerprint density at radius 1 is 1.42 bits per heavy atom. The summed E-state index contributed by atoms with van der Waals surface area (Å²) in [5.74, 6) is 1.84. The highest BCUT2D eigenvalue weighted by Gasteiger charge is 2.23. The molecular formula is C16H21BrO2. The molecule has 3 heteroatoms. The number of carbonyl (C=O) groups is 1. The van der Waals surface area contributed by atoms with Crippen molar-refractivity contribution in [1.82, 2.24) is 0 Å². The number of ether oxygens (including phenoxy) is 1. The number of hydrogen-bond acceptors (Lipinski definition) is 2. The van der Waals surface area contributed by atoms with Gasteiger partial charge in [-0.1, -0.05) is 25.8 Å². The number of methoxy groups -OCH3 is 1. The van der Waals surface area contributed by atoms with Crippen molar-refractivity contribution in [2.24, 2.45) is 0 Å². The minimum absolute atomic E-state index is 0.264. The van der Waals surface area contributed by atoms with E-state index in [1.807, 2.05) is 0 Å². The third-order valence-electron chi connectivity index (χ3n) is 4.11. The van der Waals surface area contributed by atoms with E-state index >= 15 is 0 Å². The standard InChI is InChI=1S/C16H21BrO2/c1-11(7-8-18)13-9-14(12-5-3-4-6-12)16(19-2)15(17)10-13/h8-12H,3-7H2,1-2H3. The molecule has 1 aliphatic rings. The van der Waals surface area contributed by atoms with Crippen LogP contribution in [0, 0.1) is 0 Å². The molecule has 0 N–H and O–H groups in total. The maximum atomic E-state index is 10.7. The van der Waals surface area contributed by atoms with E-state index in [1.165, 1.54) is 36.8 Å². The quantitative estimate of drug-likeness (QED) is 0.726. The van der Waals surface area contributed by atoms with Gasteiger partial charge in [0.15, 0.2) is 0 Å². The number of carbonyl (C=O) groups excluding carboxylic acids is 1. The molecule has 1 aromatic rings. The van der Waals surface area contributed by atoms with Crippen LogP contribution in [0.4, 0.5) is 0 Å². The summed E-state index contributed by atoms with van der Waals surface area (Å²) in [5.41, 5.74) is 2.53. The van der Waals surface area contributed by atoms with Crippen molar-refractivity contribution < 1.29 is 9.53 Å². The molecule has 0 heterocycles. The van der Waals surface area contributed by atoms with Gasteiger partial charge in [0.05, 0.1) is 11.6 Å². The second-order valence-corrected chi connectivity index (χ2v) is 6.26. The largest absolute Gasteiger partial charge is 0.495 e. The van der Waals surface area contributed by atoms with Gasteiger partial charge in [-0.3, -0.25) is 0 Å². The average Bonchev–Trinajstić information content (AvgIpc) is 2.91. The Morgan fingerprint density at radius 2 is 2.11 bits per heavy atom. The maximum Gasteiger partial charge on any atom is 0.136 e. The predicted octanol–water partition coefficient (Wildman–Crippen LogP) is 4.81. The van der Waals surface area contributed by atoms with Gasteiger partial charge < -0.3 is 9.53 Å². The van der Waals surface area contributed by atoms with Gasteiger partial charge in [-0.05, 0) is 57.8 Å². The highest BCUT2D eigenvalue weighted by molar-refractivity contribution is 9.10. The van der Waals surface area contributed by atoms with Crippen molar-refractivity contribution in [1.29, 1.82) is 0 Å². The van der Waals surface area contributed by atoms with Crippen LogP contribution >= 0.6 is 15.9 Å². The molecule has 104 valence electrons. The topological polar surface area (TPSA) is 26.3 Å². The van der Waals surface area contributed by atoms with Crippen molar-refractivity contribution >= 4 is 22.2 Å². The Morgan fingerprint density at radius 3 is 2.68 bits per heavy atom. The SMILES string of the molecule is COc1c(Br)cc(C(C)CC=O)cc1C1CCCC1. The van der Waals surface area contributed by atoms with Gasteiger partial charge in [0.25, 0.3) is 0 Å². The number of rotatable bonds is 5. The minimum Gasteiger partial charge on any atom is -0.495 e. The fourth-order valence-corrected chi connectivity index (χ4v) is 3.61. The molecule has 0 radical (unpaired) electrons. The molecule has 1 atom stereocenters. The van der Waals surface area contributed by atoms with Crippen molar-refractivity contribution in [3.63, 3.8) is 0 Å². The molecule has 19 heavy (non-hydrogen) atoms. The first kappa shape index (κ1) is 14.6. The predicted molar refractivity (Wildman–Crippen MR) is 81.0 cm³/mol. The van der Waals surface area contributed by atoms with Crippen molar-refractivity contribution in [3.8, 4) is 5.75 Å². The summed E-state index contributed by atoms with van der Waals surface area (Å²) in [6.45, 7) is 2.10. The minimum atomic E-state index is 0.264. The van der Waals surface area contributed by atoms with Crippen LogP contribution in [-0.2, 0) is 4.79 Å². The third kappa shape index (κ3) is 3.19. The van der Waals surface area contributed by atoms with Crippen molar-refractivity contribution in [3.05, 3.63) is 27.7 Å². The van der Waals surface area contributed by atoms with E-state index in [0.717, 1.165) is 16.5 Å². The maximum absolute atomic E-state index is 10.7. The van der Waals surface area contributed by atoms with E-state index < -0.39 is 0 Å². The van der Waals surface area contributed by atoms with Gasteiger partial charge in [0.2, 0.25) is 0 Å². The molecule has 0 aliphatic heterocycles. The summed E-state index contributed by atoms with van der Waals surface area (Å²) in [6, 6.07) is 4.33. The van der Waals surface area contributed by atoms with Crippen LogP contribution in [0.5, 0.6) is 5.75 Å². The number of aldehydes is 1. The number of halogens is 1. The van der Waals surface area contributed by atoms with Crippen LogP contribution in [0.2, 0.25) is 0 Å². The van der Waals surface area contributed by atoms with Crippen LogP contribution in [-0.4, -0.2) is 13.4 Å². The summed E-state index contributed by atoms with van der Waals surface area (Å²) in [5, 5.41) is 0. The Hall–Kier alpha value is -0.830.